The van der Waals surface area contributed by atoms with Crippen molar-refractivity contribution in [1.82, 2.24) is 14.9 Å². The third kappa shape index (κ3) is 3.05. The summed E-state index contributed by atoms with van der Waals surface area (Å²) in [4.78, 5) is 26.1. The average Bonchev–Trinajstić information content (AvgIpc) is 2.78. The predicted octanol–water partition coefficient (Wildman–Crippen LogP) is 2.53. The van der Waals surface area contributed by atoms with Gasteiger partial charge in [-0.2, -0.15) is 0 Å². The van der Waals surface area contributed by atoms with Gasteiger partial charge in [0.15, 0.2) is 0 Å². The van der Waals surface area contributed by atoms with E-state index in [-0.39, 0.29) is 11.8 Å². The second kappa shape index (κ2) is 7.11. The number of benzene rings is 2. The molecule has 0 spiro atoms. The van der Waals surface area contributed by atoms with Crippen LogP contribution in [-0.2, 0) is 11.2 Å². The Bertz CT molecular complexity index is 1010. The molecule has 1 saturated heterocycles. The van der Waals surface area contributed by atoms with Gasteiger partial charge in [-0.1, -0.05) is 30.3 Å². The van der Waals surface area contributed by atoms with Crippen molar-refractivity contribution in [3.63, 3.8) is 0 Å². The minimum Gasteiger partial charge on any atom is -0.492 e. The highest BCUT2D eigenvalue weighted by Gasteiger charge is 2.31. The van der Waals surface area contributed by atoms with Crippen LogP contribution in [0.15, 0.2) is 54.9 Å². The van der Waals surface area contributed by atoms with Crippen molar-refractivity contribution in [2.45, 2.75) is 6.42 Å². The monoisotopic (exact) mass is 374 g/mol. The zero-order valence-electron chi connectivity index (χ0n) is 15.6. The Morgan fingerprint density at radius 3 is 2.64 bits per heavy atom. The minimum atomic E-state index is -0.0960. The molecule has 0 N–H and O–H groups in total. The predicted molar refractivity (Wildman–Crippen MR) is 107 cm³/mol. The van der Waals surface area contributed by atoms with Crippen LogP contribution < -0.4 is 9.64 Å². The number of nitrogens with zero attached hydrogens (tertiary/aromatic N) is 4. The zero-order chi connectivity index (χ0) is 18.9. The van der Waals surface area contributed by atoms with Gasteiger partial charge in [-0.15, -0.1) is 0 Å². The van der Waals surface area contributed by atoms with Crippen molar-refractivity contribution in [2.75, 3.05) is 37.7 Å². The highest BCUT2D eigenvalue weighted by molar-refractivity contribution is 5.89. The average molecular weight is 374 g/mol. The quantitative estimate of drug-likeness (QED) is 0.690. The van der Waals surface area contributed by atoms with Gasteiger partial charge in [0.2, 0.25) is 5.91 Å². The molecule has 0 bridgehead atoms. The molecule has 3 heterocycles. The number of hydrogen-bond donors (Lipinski definition) is 0. The molecule has 0 aliphatic carbocycles. The number of hydrogen-bond acceptors (Lipinski definition) is 5. The molecule has 3 aromatic rings. The largest absolute Gasteiger partial charge is 0.492 e. The Morgan fingerprint density at radius 1 is 0.964 bits per heavy atom. The summed E-state index contributed by atoms with van der Waals surface area (Å²) in [6.07, 6.45) is 2.37. The highest BCUT2D eigenvalue weighted by Crippen LogP contribution is 2.28. The molecule has 2 aromatic carbocycles. The number of amides is 1. The standard InChI is InChI=1S/C22H22N4O2/c27-22(17-13-16-5-1-4-8-20(16)28-14-17)26-11-9-25(10-12-26)21-18-6-2-3-7-19(18)23-15-24-21/h1-8,15,17H,9-14H2. The molecule has 1 fully saturated rings. The maximum atomic E-state index is 13.0. The third-order valence-corrected chi connectivity index (χ3v) is 5.64. The van der Waals surface area contributed by atoms with E-state index < -0.39 is 0 Å². The molecule has 6 nitrogen and oxygen atoms in total. The summed E-state index contributed by atoms with van der Waals surface area (Å²) in [6.45, 7) is 3.42. The SMILES string of the molecule is O=C(C1COc2ccccc2C1)N1CCN(c2ncnc3ccccc23)CC1. The van der Waals surface area contributed by atoms with Crippen LogP contribution in [0.25, 0.3) is 10.9 Å². The Kier molecular flexibility index (Phi) is 4.31. The lowest BCUT2D eigenvalue weighted by Crippen LogP contribution is -2.52. The molecule has 5 rings (SSSR count). The van der Waals surface area contributed by atoms with Crippen molar-refractivity contribution in [1.29, 1.82) is 0 Å². The van der Waals surface area contributed by atoms with E-state index in [0.717, 1.165) is 47.5 Å². The molecule has 1 amide bonds. The van der Waals surface area contributed by atoms with E-state index in [0.29, 0.717) is 19.7 Å². The zero-order valence-corrected chi connectivity index (χ0v) is 15.6. The smallest absolute Gasteiger partial charge is 0.229 e. The van der Waals surface area contributed by atoms with Gasteiger partial charge in [-0.3, -0.25) is 4.79 Å². The van der Waals surface area contributed by atoms with Crippen LogP contribution in [0.5, 0.6) is 5.75 Å². The molecule has 0 radical (unpaired) electrons. The van der Waals surface area contributed by atoms with Gasteiger partial charge < -0.3 is 14.5 Å². The minimum absolute atomic E-state index is 0.0960. The summed E-state index contributed by atoms with van der Waals surface area (Å²) in [5.74, 6) is 1.96. The van der Waals surface area contributed by atoms with E-state index in [1.807, 2.05) is 47.4 Å². The number of rotatable bonds is 2. The lowest BCUT2D eigenvalue weighted by molar-refractivity contribution is -0.137. The number of ether oxygens (including phenoxy) is 1. The molecule has 28 heavy (non-hydrogen) atoms. The maximum Gasteiger partial charge on any atom is 0.229 e. The van der Waals surface area contributed by atoms with E-state index in [1.165, 1.54) is 0 Å². The van der Waals surface area contributed by atoms with Crippen LogP contribution in [0, 0.1) is 5.92 Å². The van der Waals surface area contributed by atoms with Crippen molar-refractivity contribution in [3.05, 3.63) is 60.4 Å². The Labute approximate surface area is 163 Å². The highest BCUT2D eigenvalue weighted by atomic mass is 16.5. The first-order valence-corrected chi connectivity index (χ1v) is 9.74. The fourth-order valence-electron chi connectivity index (χ4n) is 4.13. The number of anilines is 1. The number of carbonyl (C=O) groups is 1. The second-order valence-corrected chi connectivity index (χ2v) is 7.35. The van der Waals surface area contributed by atoms with Gasteiger partial charge in [-0.05, 0) is 30.2 Å². The summed E-state index contributed by atoms with van der Waals surface area (Å²) < 4.78 is 5.81. The Balaban J connectivity index is 1.27. The number of fused-ring (bicyclic) bond motifs is 2. The third-order valence-electron chi connectivity index (χ3n) is 5.64. The molecular weight excluding hydrogens is 352 g/mol. The lowest BCUT2D eigenvalue weighted by Gasteiger charge is -2.38. The summed E-state index contributed by atoms with van der Waals surface area (Å²) in [6, 6.07) is 16.0. The lowest BCUT2D eigenvalue weighted by atomic mass is 9.95. The normalized spacial score (nSPS) is 19.2. The van der Waals surface area contributed by atoms with Crippen LogP contribution in [0.2, 0.25) is 0 Å². The molecule has 0 saturated carbocycles. The first-order chi connectivity index (χ1) is 13.8. The van der Waals surface area contributed by atoms with Crippen molar-refractivity contribution < 1.29 is 9.53 Å². The number of aromatic nitrogens is 2. The molecule has 6 heteroatoms. The number of para-hydroxylation sites is 2. The first-order valence-electron chi connectivity index (χ1n) is 9.74. The van der Waals surface area contributed by atoms with Gasteiger partial charge in [0.1, 0.15) is 24.5 Å². The molecule has 142 valence electrons. The van der Waals surface area contributed by atoms with E-state index >= 15 is 0 Å². The molecule has 2 aliphatic rings. The van der Waals surface area contributed by atoms with Crippen LogP contribution >= 0.6 is 0 Å². The molecule has 1 unspecified atom stereocenters. The topological polar surface area (TPSA) is 58.6 Å². The van der Waals surface area contributed by atoms with Crippen molar-refractivity contribution in [2.24, 2.45) is 5.92 Å². The van der Waals surface area contributed by atoms with E-state index in [1.54, 1.807) is 6.33 Å². The Hall–Kier alpha value is -3.15. The van der Waals surface area contributed by atoms with E-state index in [4.69, 9.17) is 4.74 Å². The van der Waals surface area contributed by atoms with Gasteiger partial charge in [0, 0.05) is 31.6 Å². The summed E-state index contributed by atoms with van der Waals surface area (Å²) in [5, 5.41) is 1.06. The molecule has 1 atom stereocenters. The van der Waals surface area contributed by atoms with Crippen LogP contribution in [0.4, 0.5) is 5.82 Å². The fraction of sp³-hybridized carbons (Fsp3) is 0.318. The van der Waals surface area contributed by atoms with Gasteiger partial charge in [-0.25, -0.2) is 9.97 Å². The summed E-state index contributed by atoms with van der Waals surface area (Å²) in [5.41, 5.74) is 2.07. The molecule has 1 aromatic heterocycles. The first kappa shape index (κ1) is 17.0. The molecular formula is C22H22N4O2. The molecule has 2 aliphatic heterocycles. The van der Waals surface area contributed by atoms with Crippen molar-refractivity contribution >= 4 is 22.6 Å². The van der Waals surface area contributed by atoms with Gasteiger partial charge in [0.25, 0.3) is 0 Å². The summed E-state index contributed by atoms with van der Waals surface area (Å²) in [7, 11) is 0. The maximum absolute atomic E-state index is 13.0. The van der Waals surface area contributed by atoms with Crippen LogP contribution in [0.3, 0.4) is 0 Å². The van der Waals surface area contributed by atoms with Gasteiger partial charge >= 0.3 is 0 Å². The van der Waals surface area contributed by atoms with E-state index in [9.17, 15) is 4.79 Å². The van der Waals surface area contributed by atoms with Gasteiger partial charge in [0.05, 0.1) is 11.4 Å². The van der Waals surface area contributed by atoms with E-state index in [2.05, 4.69) is 20.9 Å². The Morgan fingerprint density at radius 2 is 1.75 bits per heavy atom. The van der Waals surface area contributed by atoms with Crippen LogP contribution in [0.1, 0.15) is 5.56 Å². The number of carbonyl (C=O) groups excluding carboxylic acids is 1. The number of piperazine rings is 1. The fourth-order valence-corrected chi connectivity index (χ4v) is 4.13. The second-order valence-electron chi connectivity index (χ2n) is 7.35. The van der Waals surface area contributed by atoms with Crippen LogP contribution in [-0.4, -0.2) is 53.6 Å². The van der Waals surface area contributed by atoms with Crippen molar-refractivity contribution in [3.8, 4) is 5.75 Å². The summed E-state index contributed by atoms with van der Waals surface area (Å²) >= 11 is 0.